The van der Waals surface area contributed by atoms with Crippen molar-refractivity contribution in [2.75, 3.05) is 18.8 Å². The number of hydrogen-bond donors (Lipinski definition) is 1. The van der Waals surface area contributed by atoms with Gasteiger partial charge < -0.3 is 15.4 Å². The van der Waals surface area contributed by atoms with E-state index in [2.05, 4.69) is 0 Å². The van der Waals surface area contributed by atoms with Crippen LogP contribution < -0.4 is 5.73 Å². The van der Waals surface area contributed by atoms with E-state index in [4.69, 9.17) is 10.5 Å². The Morgan fingerprint density at radius 3 is 2.55 bits per heavy atom. The van der Waals surface area contributed by atoms with E-state index in [1.165, 1.54) is 6.07 Å². The molecular formula is C17H25FN2O2. The van der Waals surface area contributed by atoms with Crippen molar-refractivity contribution in [1.29, 1.82) is 0 Å². The van der Waals surface area contributed by atoms with Gasteiger partial charge in [-0.15, -0.1) is 0 Å². The van der Waals surface area contributed by atoms with Crippen molar-refractivity contribution in [2.45, 2.75) is 45.6 Å². The van der Waals surface area contributed by atoms with E-state index in [1.807, 2.05) is 20.8 Å². The normalized spacial score (nSPS) is 16.6. The lowest BCUT2D eigenvalue weighted by atomic mass is 9.90. The minimum Gasteiger partial charge on any atom is -0.444 e. The van der Waals surface area contributed by atoms with E-state index in [0.29, 0.717) is 36.7 Å². The monoisotopic (exact) mass is 308 g/mol. The SMILES string of the molecule is CC(C)(C)OC(=O)N1CCC(Cc2ccc(N)cc2F)CC1. The fourth-order valence-corrected chi connectivity index (χ4v) is 2.69. The average molecular weight is 308 g/mol. The molecule has 2 N–H and O–H groups in total. The van der Waals surface area contributed by atoms with Crippen molar-refractivity contribution >= 4 is 11.8 Å². The van der Waals surface area contributed by atoms with Crippen LogP contribution in [0.1, 0.15) is 39.2 Å². The Kier molecular flexibility index (Phi) is 4.94. The summed E-state index contributed by atoms with van der Waals surface area (Å²) in [5.74, 6) is 0.145. The van der Waals surface area contributed by atoms with Crippen LogP contribution in [0.5, 0.6) is 0 Å². The first-order chi connectivity index (χ1) is 10.2. The first kappa shape index (κ1) is 16.6. The van der Waals surface area contributed by atoms with Crippen molar-refractivity contribution in [3.05, 3.63) is 29.6 Å². The smallest absolute Gasteiger partial charge is 0.410 e. The topological polar surface area (TPSA) is 55.6 Å². The van der Waals surface area contributed by atoms with E-state index in [0.717, 1.165) is 12.8 Å². The van der Waals surface area contributed by atoms with Crippen LogP contribution in [0.15, 0.2) is 18.2 Å². The summed E-state index contributed by atoms with van der Waals surface area (Å²) in [6, 6.07) is 4.85. The molecule has 1 aromatic rings. The summed E-state index contributed by atoms with van der Waals surface area (Å²) in [6.07, 6.45) is 2.16. The number of hydrogen-bond acceptors (Lipinski definition) is 3. The zero-order valence-electron chi connectivity index (χ0n) is 13.6. The van der Waals surface area contributed by atoms with Gasteiger partial charge in [0.25, 0.3) is 0 Å². The number of carbonyl (C=O) groups excluding carboxylic acids is 1. The van der Waals surface area contributed by atoms with Gasteiger partial charge in [0.05, 0.1) is 0 Å². The van der Waals surface area contributed by atoms with Crippen LogP contribution in [0.25, 0.3) is 0 Å². The zero-order chi connectivity index (χ0) is 16.3. The van der Waals surface area contributed by atoms with Crippen molar-refractivity contribution in [2.24, 2.45) is 5.92 Å². The molecule has 0 unspecified atom stereocenters. The molecule has 0 aromatic heterocycles. The van der Waals surface area contributed by atoms with Gasteiger partial charge in [-0.1, -0.05) is 6.07 Å². The highest BCUT2D eigenvalue weighted by Gasteiger charge is 2.27. The number of carbonyl (C=O) groups is 1. The number of nitrogens with zero attached hydrogens (tertiary/aromatic N) is 1. The second-order valence-corrected chi connectivity index (χ2v) is 6.97. The molecular weight excluding hydrogens is 283 g/mol. The molecule has 0 spiro atoms. The van der Waals surface area contributed by atoms with Gasteiger partial charge in [-0.3, -0.25) is 0 Å². The lowest BCUT2D eigenvalue weighted by Crippen LogP contribution is -2.42. The minimum absolute atomic E-state index is 0.241. The van der Waals surface area contributed by atoms with E-state index in [-0.39, 0.29) is 11.9 Å². The summed E-state index contributed by atoms with van der Waals surface area (Å²) < 4.78 is 19.2. The highest BCUT2D eigenvalue weighted by atomic mass is 19.1. The first-order valence-corrected chi connectivity index (χ1v) is 7.76. The number of nitrogen functional groups attached to an aromatic ring is 1. The highest BCUT2D eigenvalue weighted by molar-refractivity contribution is 5.68. The fourth-order valence-electron chi connectivity index (χ4n) is 2.69. The third-order valence-corrected chi connectivity index (χ3v) is 3.85. The van der Waals surface area contributed by atoms with Gasteiger partial charge in [0.1, 0.15) is 11.4 Å². The number of benzene rings is 1. The molecule has 0 aliphatic carbocycles. The van der Waals surface area contributed by atoms with Crippen LogP contribution in [-0.4, -0.2) is 29.7 Å². The molecule has 1 saturated heterocycles. The Labute approximate surface area is 131 Å². The predicted octanol–water partition coefficient (Wildman–Crippen LogP) is 3.60. The molecule has 0 bridgehead atoms. The number of nitrogens with two attached hydrogens (primary N) is 1. The van der Waals surface area contributed by atoms with Gasteiger partial charge in [-0.25, -0.2) is 9.18 Å². The van der Waals surface area contributed by atoms with Gasteiger partial charge in [-0.05, 0) is 63.6 Å². The molecule has 1 heterocycles. The van der Waals surface area contributed by atoms with E-state index in [1.54, 1.807) is 17.0 Å². The summed E-state index contributed by atoms with van der Waals surface area (Å²) in [7, 11) is 0. The Morgan fingerprint density at radius 1 is 1.36 bits per heavy atom. The van der Waals surface area contributed by atoms with Crippen molar-refractivity contribution < 1.29 is 13.9 Å². The molecule has 2 rings (SSSR count). The number of amides is 1. The van der Waals surface area contributed by atoms with Crippen LogP contribution in [0.3, 0.4) is 0 Å². The Morgan fingerprint density at radius 2 is 2.00 bits per heavy atom. The molecule has 0 radical (unpaired) electrons. The number of anilines is 1. The molecule has 22 heavy (non-hydrogen) atoms. The molecule has 122 valence electrons. The van der Waals surface area contributed by atoms with E-state index >= 15 is 0 Å². The third-order valence-electron chi connectivity index (χ3n) is 3.85. The summed E-state index contributed by atoms with van der Waals surface area (Å²) >= 11 is 0. The highest BCUT2D eigenvalue weighted by Crippen LogP contribution is 2.24. The van der Waals surface area contributed by atoms with Crippen LogP contribution in [0.2, 0.25) is 0 Å². The largest absolute Gasteiger partial charge is 0.444 e. The lowest BCUT2D eigenvalue weighted by molar-refractivity contribution is 0.0184. The van der Waals surface area contributed by atoms with Crippen LogP contribution in [0.4, 0.5) is 14.9 Å². The van der Waals surface area contributed by atoms with Crippen molar-refractivity contribution in [3.8, 4) is 0 Å². The Balaban J connectivity index is 1.86. The quantitative estimate of drug-likeness (QED) is 0.849. The number of likely N-dealkylation sites (tertiary alicyclic amines) is 1. The summed E-state index contributed by atoms with van der Waals surface area (Å²) in [6.45, 7) is 6.91. The van der Waals surface area contributed by atoms with Gasteiger partial charge in [0.15, 0.2) is 0 Å². The number of halogens is 1. The van der Waals surface area contributed by atoms with Crippen LogP contribution in [-0.2, 0) is 11.2 Å². The summed E-state index contributed by atoms with van der Waals surface area (Å²) in [5.41, 5.74) is 6.24. The lowest BCUT2D eigenvalue weighted by Gasteiger charge is -2.33. The fraction of sp³-hybridized carbons (Fsp3) is 0.588. The summed E-state index contributed by atoms with van der Waals surface area (Å²) in [5, 5.41) is 0. The second-order valence-electron chi connectivity index (χ2n) is 6.97. The van der Waals surface area contributed by atoms with Gasteiger partial charge in [-0.2, -0.15) is 0 Å². The maximum absolute atomic E-state index is 13.8. The number of ether oxygens (including phenoxy) is 1. The third kappa shape index (κ3) is 4.61. The molecule has 1 aromatic carbocycles. The molecule has 1 aliphatic heterocycles. The molecule has 5 heteroatoms. The number of rotatable bonds is 2. The van der Waals surface area contributed by atoms with Crippen molar-refractivity contribution in [1.82, 2.24) is 4.90 Å². The van der Waals surface area contributed by atoms with E-state index < -0.39 is 5.60 Å². The molecule has 1 aliphatic rings. The van der Waals surface area contributed by atoms with Gasteiger partial charge in [0, 0.05) is 18.8 Å². The molecule has 0 saturated carbocycles. The second kappa shape index (κ2) is 6.55. The van der Waals surface area contributed by atoms with Crippen LogP contribution in [0, 0.1) is 11.7 Å². The number of piperidine rings is 1. The summed E-state index contributed by atoms with van der Waals surface area (Å²) in [4.78, 5) is 13.7. The minimum atomic E-state index is -0.471. The molecule has 1 fully saturated rings. The van der Waals surface area contributed by atoms with Gasteiger partial charge in [0.2, 0.25) is 0 Å². The Hall–Kier alpha value is -1.78. The molecule has 1 amide bonds. The zero-order valence-corrected chi connectivity index (χ0v) is 13.6. The predicted molar refractivity (Wildman–Crippen MR) is 85.0 cm³/mol. The maximum Gasteiger partial charge on any atom is 0.410 e. The van der Waals surface area contributed by atoms with E-state index in [9.17, 15) is 9.18 Å². The molecule has 0 atom stereocenters. The standard InChI is InChI=1S/C17H25FN2O2/c1-17(2,3)22-16(21)20-8-6-12(7-9-20)10-13-4-5-14(19)11-15(13)18/h4-5,11-12H,6-10,19H2,1-3H3. The Bertz CT molecular complexity index is 532. The van der Waals surface area contributed by atoms with Gasteiger partial charge >= 0.3 is 6.09 Å². The molecule has 4 nitrogen and oxygen atoms in total. The van der Waals surface area contributed by atoms with Crippen LogP contribution >= 0.6 is 0 Å². The first-order valence-electron chi connectivity index (χ1n) is 7.76. The maximum atomic E-state index is 13.8. The van der Waals surface area contributed by atoms with Crippen molar-refractivity contribution in [3.63, 3.8) is 0 Å². The average Bonchev–Trinajstić information content (AvgIpc) is 2.41.